The molecule has 17 nitrogen and oxygen atoms in total. The summed E-state index contributed by atoms with van der Waals surface area (Å²) < 4.78 is 68.4. The summed E-state index contributed by atoms with van der Waals surface area (Å²) in [5.41, 5.74) is 0. The van der Waals surface area contributed by atoms with Gasteiger partial charge in [0.25, 0.3) is 0 Å². The number of unbranched alkanes of at least 4 members (excludes halogenated alkanes) is 35. The molecule has 0 rings (SSSR count). The average molecular weight is 1350 g/mol. The minimum absolute atomic E-state index is 0.105. The van der Waals surface area contributed by atoms with Gasteiger partial charge in [-0.2, -0.15) is 0 Å². The Bertz CT molecular complexity index is 1820. The van der Waals surface area contributed by atoms with Crippen LogP contribution in [0.3, 0.4) is 0 Å². The highest BCUT2D eigenvalue weighted by Gasteiger charge is 2.30. The van der Waals surface area contributed by atoms with Crippen LogP contribution in [-0.2, 0) is 65.4 Å². The first-order valence-electron chi connectivity index (χ1n) is 37.7. The molecule has 0 amide bonds. The zero-order valence-corrected chi connectivity index (χ0v) is 62.0. The SMILES string of the molecule is CCC(C)CCCCCCCCCCCCC(=O)O[C@H](COC(=O)CCCCCCCCCCCC(C)C)COP(=O)(O)OCC(O)COP(=O)(O)OC[C@@H](COC(=O)CCCCCCCCCC(C)C)OC(=O)CCCCCCCCCCCCCCCC(C)C. The van der Waals surface area contributed by atoms with Crippen LogP contribution in [0, 0.1) is 23.7 Å². The molecule has 3 N–H and O–H groups in total. The van der Waals surface area contributed by atoms with Crippen molar-refractivity contribution in [1.29, 1.82) is 0 Å². The Labute approximate surface area is 562 Å². The van der Waals surface area contributed by atoms with Gasteiger partial charge in [-0.25, -0.2) is 9.13 Å². The van der Waals surface area contributed by atoms with Gasteiger partial charge < -0.3 is 33.8 Å². The molecule has 19 heteroatoms. The number of esters is 4. The van der Waals surface area contributed by atoms with E-state index >= 15 is 0 Å². The number of rotatable bonds is 70. The third-order valence-corrected chi connectivity index (χ3v) is 19.1. The molecule has 0 aliphatic rings. The first-order chi connectivity index (χ1) is 44.1. The maximum Gasteiger partial charge on any atom is 0.472 e. The summed E-state index contributed by atoms with van der Waals surface area (Å²) in [5, 5.41) is 10.6. The molecule has 0 aromatic rings. The van der Waals surface area contributed by atoms with Crippen molar-refractivity contribution < 1.29 is 80.2 Å². The predicted octanol–water partition coefficient (Wildman–Crippen LogP) is 20.9. The molecule has 0 radical (unpaired) electrons. The van der Waals surface area contributed by atoms with Gasteiger partial charge in [-0.05, 0) is 49.4 Å². The van der Waals surface area contributed by atoms with Crippen molar-refractivity contribution >= 4 is 39.5 Å². The molecule has 0 saturated carbocycles. The van der Waals surface area contributed by atoms with Gasteiger partial charge in [0.2, 0.25) is 0 Å². The molecule has 0 aromatic heterocycles. The molecule has 0 aromatic carbocycles. The summed E-state index contributed by atoms with van der Waals surface area (Å²) in [6.45, 7) is 14.1. The molecule has 546 valence electrons. The van der Waals surface area contributed by atoms with Crippen molar-refractivity contribution in [2.75, 3.05) is 39.6 Å². The number of phosphoric acid groups is 2. The van der Waals surface area contributed by atoms with Crippen LogP contribution in [-0.4, -0.2) is 96.7 Å². The number of carbonyl (C=O) groups excluding carboxylic acids is 4. The Hall–Kier alpha value is -1.94. The third kappa shape index (κ3) is 65.4. The Morgan fingerprint density at radius 2 is 0.522 bits per heavy atom. The van der Waals surface area contributed by atoms with Gasteiger partial charge in [0.1, 0.15) is 19.3 Å². The topological polar surface area (TPSA) is 237 Å². The molecule has 6 atom stereocenters. The Balaban J connectivity index is 5.26. The lowest BCUT2D eigenvalue weighted by Crippen LogP contribution is -2.30. The van der Waals surface area contributed by atoms with Gasteiger partial charge in [0.15, 0.2) is 12.2 Å². The number of ether oxygens (including phenoxy) is 4. The summed E-state index contributed by atoms with van der Waals surface area (Å²) in [7, 11) is -9.91. The van der Waals surface area contributed by atoms with E-state index in [0.29, 0.717) is 31.6 Å². The van der Waals surface area contributed by atoms with E-state index in [2.05, 4.69) is 55.4 Å². The Morgan fingerprint density at radius 3 is 0.772 bits per heavy atom. The Morgan fingerprint density at radius 1 is 0.304 bits per heavy atom. The summed E-state index contributed by atoms with van der Waals surface area (Å²) in [6, 6.07) is 0. The number of aliphatic hydroxyl groups is 1. The molecular weight excluding hydrogens is 1210 g/mol. The first-order valence-corrected chi connectivity index (χ1v) is 40.7. The Kier molecular flexibility index (Phi) is 61.3. The average Bonchev–Trinajstić information content (AvgIpc) is 2.10. The fourth-order valence-corrected chi connectivity index (χ4v) is 12.6. The molecule has 0 fully saturated rings. The van der Waals surface area contributed by atoms with E-state index in [9.17, 15) is 43.2 Å². The second kappa shape index (κ2) is 62.6. The molecule has 0 saturated heterocycles. The highest BCUT2D eigenvalue weighted by molar-refractivity contribution is 7.47. The summed E-state index contributed by atoms with van der Waals surface area (Å²) in [5.74, 6) is 0.913. The highest BCUT2D eigenvalue weighted by Crippen LogP contribution is 2.45. The van der Waals surface area contributed by atoms with Crippen LogP contribution in [0.1, 0.15) is 364 Å². The van der Waals surface area contributed by atoms with Crippen LogP contribution in [0.15, 0.2) is 0 Å². The van der Waals surface area contributed by atoms with E-state index in [1.807, 2.05) is 0 Å². The van der Waals surface area contributed by atoms with Crippen molar-refractivity contribution in [3.05, 3.63) is 0 Å². The fraction of sp³-hybridized carbons (Fsp3) is 0.945. The summed E-state index contributed by atoms with van der Waals surface area (Å²) >= 11 is 0. The molecule has 0 heterocycles. The number of hydrogen-bond donors (Lipinski definition) is 3. The normalized spacial score (nSPS) is 14.5. The molecule has 0 aliphatic heterocycles. The lowest BCUT2D eigenvalue weighted by Gasteiger charge is -2.21. The molecule has 0 bridgehead atoms. The maximum absolute atomic E-state index is 13.0. The minimum atomic E-state index is -4.95. The van der Waals surface area contributed by atoms with E-state index in [-0.39, 0.29) is 25.7 Å². The highest BCUT2D eigenvalue weighted by atomic mass is 31.2. The van der Waals surface area contributed by atoms with Gasteiger partial charge in [0, 0.05) is 25.7 Å². The van der Waals surface area contributed by atoms with Gasteiger partial charge in [0.05, 0.1) is 26.4 Å². The van der Waals surface area contributed by atoms with E-state index in [4.69, 9.17) is 37.0 Å². The number of phosphoric ester groups is 2. The van der Waals surface area contributed by atoms with Gasteiger partial charge in [-0.15, -0.1) is 0 Å². The van der Waals surface area contributed by atoms with Crippen LogP contribution in [0.25, 0.3) is 0 Å². The van der Waals surface area contributed by atoms with Crippen LogP contribution in [0.4, 0.5) is 0 Å². The van der Waals surface area contributed by atoms with Crippen molar-refractivity contribution in [2.45, 2.75) is 382 Å². The van der Waals surface area contributed by atoms with Crippen molar-refractivity contribution in [3.63, 3.8) is 0 Å². The second-order valence-electron chi connectivity index (χ2n) is 28.0. The molecule has 4 unspecified atom stereocenters. The predicted molar refractivity (Wildman–Crippen MR) is 372 cm³/mol. The van der Waals surface area contributed by atoms with Gasteiger partial charge >= 0.3 is 39.5 Å². The molecular formula is C73H142O17P2. The molecule has 0 spiro atoms. The fourth-order valence-electron chi connectivity index (χ4n) is 11.0. The maximum atomic E-state index is 13.0. The van der Waals surface area contributed by atoms with E-state index in [1.165, 1.54) is 161 Å². The van der Waals surface area contributed by atoms with E-state index < -0.39 is 97.5 Å². The first kappa shape index (κ1) is 90.1. The van der Waals surface area contributed by atoms with Gasteiger partial charge in [-0.1, -0.05) is 312 Å². The van der Waals surface area contributed by atoms with Gasteiger partial charge in [-0.3, -0.25) is 37.3 Å². The lowest BCUT2D eigenvalue weighted by molar-refractivity contribution is -0.161. The lowest BCUT2D eigenvalue weighted by atomic mass is 9.99. The number of carbonyl (C=O) groups is 4. The van der Waals surface area contributed by atoms with E-state index in [1.54, 1.807) is 0 Å². The van der Waals surface area contributed by atoms with Crippen LogP contribution < -0.4 is 0 Å². The number of aliphatic hydroxyl groups excluding tert-OH is 1. The third-order valence-electron chi connectivity index (χ3n) is 17.2. The van der Waals surface area contributed by atoms with Crippen LogP contribution in [0.5, 0.6) is 0 Å². The monoisotopic (exact) mass is 1350 g/mol. The largest absolute Gasteiger partial charge is 0.472 e. The van der Waals surface area contributed by atoms with Crippen LogP contribution >= 0.6 is 15.6 Å². The standard InChI is InChI=1S/C73H142O17P2/c1-9-66(8)52-44-36-28-20-15-16-22-31-40-48-56-73(78)89-68(59-83-70(75)53-45-37-29-23-17-19-26-34-42-50-64(4)5)61-87-91(79,80)85-57-67(74)58-86-92(81,82)88-62-69(60-84-71(76)54-46-38-32-24-27-35-43-51-65(6)7)90-72(77)55-47-39-30-21-14-12-10-11-13-18-25-33-41-49-63(2)3/h63-69,74H,9-62H2,1-8H3,(H,79,80)(H,81,82)/t66?,67?,68-,69-/m1/s1. The minimum Gasteiger partial charge on any atom is -0.462 e. The zero-order chi connectivity index (χ0) is 68.2. The summed E-state index contributed by atoms with van der Waals surface area (Å²) in [4.78, 5) is 72.7. The quantitative estimate of drug-likeness (QED) is 0.0222. The van der Waals surface area contributed by atoms with Crippen molar-refractivity contribution in [1.82, 2.24) is 0 Å². The summed E-state index contributed by atoms with van der Waals surface area (Å²) in [6.07, 6.45) is 45.8. The van der Waals surface area contributed by atoms with E-state index in [0.717, 1.165) is 114 Å². The molecule has 0 aliphatic carbocycles. The molecule has 92 heavy (non-hydrogen) atoms. The van der Waals surface area contributed by atoms with Crippen LogP contribution in [0.2, 0.25) is 0 Å². The number of hydrogen-bond acceptors (Lipinski definition) is 15. The van der Waals surface area contributed by atoms with Crippen molar-refractivity contribution in [3.8, 4) is 0 Å². The zero-order valence-electron chi connectivity index (χ0n) is 60.2. The second-order valence-corrected chi connectivity index (χ2v) is 30.9. The van der Waals surface area contributed by atoms with Crippen molar-refractivity contribution in [2.24, 2.45) is 23.7 Å². The smallest absolute Gasteiger partial charge is 0.462 e.